The minimum Gasteiger partial charge on any atom is -0.463 e. The van der Waals surface area contributed by atoms with Gasteiger partial charge in [-0.15, -0.1) is 0 Å². The van der Waals surface area contributed by atoms with E-state index in [4.69, 9.17) is 22.8 Å². The van der Waals surface area contributed by atoms with Gasteiger partial charge in [-0.3, -0.25) is 0 Å². The van der Waals surface area contributed by atoms with Crippen LogP contribution >= 0.6 is 0 Å². The van der Waals surface area contributed by atoms with Crippen LogP contribution in [0.25, 0.3) is 6.08 Å². The summed E-state index contributed by atoms with van der Waals surface area (Å²) in [7, 11) is -2.69. The third-order valence-corrected chi connectivity index (χ3v) is 7.95. The Hall–Kier alpha value is -2.27. The molecule has 0 bridgehead atoms. The molecule has 0 aromatic heterocycles. The van der Waals surface area contributed by atoms with Crippen molar-refractivity contribution in [2.45, 2.75) is 58.9 Å². The number of ether oxygens (including phenoxy) is 2. The number of nitrogens with one attached hydrogen (secondary N) is 1. The smallest absolute Gasteiger partial charge is 0.463 e. The van der Waals surface area contributed by atoms with E-state index < -0.39 is 20.9 Å². The number of carbonyl (C=O) groups is 2. The van der Waals surface area contributed by atoms with E-state index in [1.165, 1.54) is 24.3 Å². The third kappa shape index (κ3) is 14.7. The summed E-state index contributed by atoms with van der Waals surface area (Å²) in [5.74, 6) is -0.815. The Bertz CT molecular complexity index is 746. The zero-order valence-electron chi connectivity index (χ0n) is 21.2. The second-order valence-electron chi connectivity index (χ2n) is 7.62. The van der Waals surface area contributed by atoms with Crippen LogP contribution in [0.2, 0.25) is 6.04 Å². The number of esters is 1. The molecule has 1 N–H and O–H groups in total. The molecule has 0 unspecified atom stereocenters. The summed E-state index contributed by atoms with van der Waals surface area (Å²) in [4.78, 5) is 23.5. The predicted octanol–water partition coefficient (Wildman–Crippen LogP) is 5.11. The second kappa shape index (κ2) is 19.0. The van der Waals surface area contributed by atoms with Crippen LogP contribution in [0.5, 0.6) is 0 Å². The lowest BCUT2D eigenvalue weighted by atomic mass is 10.2. The average molecular weight is 514 g/mol. The molecule has 8 nitrogen and oxygen atoms in total. The third-order valence-electron chi connectivity index (χ3n) is 4.80. The minimum absolute atomic E-state index is 0.309. The molecule has 10 heteroatoms. The Morgan fingerprint density at radius 2 is 1.54 bits per heavy atom. The number of hydrogen-bond acceptors (Lipinski definition) is 7. The van der Waals surface area contributed by atoms with Gasteiger partial charge in [0, 0.05) is 38.5 Å². The van der Waals surface area contributed by atoms with Crippen LogP contribution in [0.15, 0.2) is 30.3 Å². The van der Waals surface area contributed by atoms with Crippen LogP contribution < -0.4 is 5.32 Å². The van der Waals surface area contributed by atoms with Crippen molar-refractivity contribution in [1.29, 1.82) is 0 Å². The first-order valence-electron chi connectivity index (χ1n) is 12.4. The molecule has 0 radical (unpaired) electrons. The van der Waals surface area contributed by atoms with Crippen LogP contribution in [0.4, 0.5) is 9.18 Å². The molecule has 0 saturated carbocycles. The fourth-order valence-electron chi connectivity index (χ4n) is 3.27. The maximum atomic E-state index is 13.1. The molecule has 1 aromatic carbocycles. The first-order valence-corrected chi connectivity index (χ1v) is 14.3. The number of unbranched alkanes of at least 4 members (excludes halogenated alkanes) is 3. The van der Waals surface area contributed by atoms with Crippen molar-refractivity contribution in [3.05, 3.63) is 41.7 Å². The number of rotatable bonds is 19. The summed E-state index contributed by atoms with van der Waals surface area (Å²) < 4.78 is 40.8. The molecule has 0 aliphatic rings. The molecule has 0 saturated heterocycles. The normalized spacial score (nSPS) is 11.5. The van der Waals surface area contributed by atoms with Crippen LogP contribution in [-0.2, 0) is 27.5 Å². The fraction of sp³-hybridized carbons (Fsp3) is 0.600. The van der Waals surface area contributed by atoms with E-state index in [2.05, 4.69) is 5.32 Å². The Labute approximate surface area is 209 Å². The van der Waals surface area contributed by atoms with Crippen molar-refractivity contribution < 1.29 is 36.7 Å². The van der Waals surface area contributed by atoms with Gasteiger partial charge in [0.05, 0.1) is 13.2 Å². The maximum absolute atomic E-state index is 13.1. The molecule has 1 amide bonds. The van der Waals surface area contributed by atoms with Crippen LogP contribution in [0.1, 0.15) is 58.4 Å². The van der Waals surface area contributed by atoms with Gasteiger partial charge in [-0.2, -0.15) is 0 Å². The molecule has 1 rings (SSSR count). The van der Waals surface area contributed by atoms with Gasteiger partial charge < -0.3 is 28.1 Å². The highest BCUT2D eigenvalue weighted by Gasteiger charge is 2.39. The molecule has 0 atom stereocenters. The van der Waals surface area contributed by atoms with Crippen molar-refractivity contribution in [2.24, 2.45) is 0 Å². The highest BCUT2D eigenvalue weighted by atomic mass is 28.4. The van der Waals surface area contributed by atoms with Gasteiger partial charge in [-0.1, -0.05) is 12.1 Å². The van der Waals surface area contributed by atoms with Gasteiger partial charge in [-0.25, -0.2) is 14.0 Å². The summed E-state index contributed by atoms with van der Waals surface area (Å²) in [6, 6.07) is 6.60. The molecular formula is C25H40FNO7Si. The zero-order valence-corrected chi connectivity index (χ0v) is 22.2. The molecule has 0 fully saturated rings. The minimum atomic E-state index is -2.69. The van der Waals surface area contributed by atoms with Gasteiger partial charge in [0.25, 0.3) is 0 Å². The summed E-state index contributed by atoms with van der Waals surface area (Å²) in [5.41, 5.74) is 0.600. The first-order chi connectivity index (χ1) is 16.9. The lowest BCUT2D eigenvalue weighted by molar-refractivity contribution is -0.137. The number of halogens is 1. The monoisotopic (exact) mass is 513 g/mol. The SMILES string of the molecule is CCO[Si](CCCNC(=O)OCCCCCCOC(=O)/C=C/c1cccc(F)c1)(OCC)OCC. The van der Waals surface area contributed by atoms with E-state index >= 15 is 0 Å². The number of carbonyl (C=O) groups excluding carboxylic acids is 2. The van der Waals surface area contributed by atoms with Crippen LogP contribution in [0.3, 0.4) is 0 Å². The molecule has 1 aromatic rings. The molecular weight excluding hydrogens is 473 g/mol. The molecule has 0 aliphatic carbocycles. The van der Waals surface area contributed by atoms with E-state index in [-0.39, 0.29) is 5.82 Å². The van der Waals surface area contributed by atoms with E-state index in [9.17, 15) is 14.0 Å². The van der Waals surface area contributed by atoms with Crippen molar-refractivity contribution in [2.75, 3.05) is 39.6 Å². The van der Waals surface area contributed by atoms with Crippen LogP contribution in [0, 0.1) is 5.82 Å². The molecule has 198 valence electrons. The van der Waals surface area contributed by atoms with Gasteiger partial charge >= 0.3 is 20.9 Å². The van der Waals surface area contributed by atoms with Gasteiger partial charge in [0.2, 0.25) is 0 Å². The van der Waals surface area contributed by atoms with E-state index in [1.54, 1.807) is 12.1 Å². The lowest BCUT2D eigenvalue weighted by Gasteiger charge is -2.28. The van der Waals surface area contributed by atoms with Gasteiger partial charge in [0.15, 0.2) is 0 Å². The standard InChI is InChI=1S/C25H40FNO7Si/c1-4-32-35(33-5-2,34-6-3)20-12-17-27-25(29)31-19-10-8-7-9-18-30-24(28)16-15-22-13-11-14-23(26)21-22/h11,13-16,21H,4-10,12,17-20H2,1-3H3,(H,27,29)/b16-15+. The summed E-state index contributed by atoms with van der Waals surface area (Å²) in [6.07, 6.45) is 6.20. The Balaban J connectivity index is 2.06. The lowest BCUT2D eigenvalue weighted by Crippen LogP contribution is -2.46. The molecule has 0 aliphatic heterocycles. The molecule has 35 heavy (non-hydrogen) atoms. The largest absolute Gasteiger partial charge is 0.500 e. The Morgan fingerprint density at radius 1 is 0.914 bits per heavy atom. The van der Waals surface area contributed by atoms with Crippen molar-refractivity contribution in [3.8, 4) is 0 Å². The summed E-state index contributed by atoms with van der Waals surface area (Å²) in [5, 5.41) is 2.74. The zero-order chi connectivity index (χ0) is 25.8. The van der Waals surface area contributed by atoms with E-state index in [0.29, 0.717) is 57.6 Å². The predicted molar refractivity (Wildman–Crippen MR) is 134 cm³/mol. The quantitative estimate of drug-likeness (QED) is 0.119. The summed E-state index contributed by atoms with van der Waals surface area (Å²) in [6.45, 7) is 8.41. The number of alkyl carbamates (subject to hydrolysis) is 1. The Morgan fingerprint density at radius 3 is 2.14 bits per heavy atom. The number of hydrogen-bond donors (Lipinski definition) is 1. The average Bonchev–Trinajstić information content (AvgIpc) is 2.83. The topological polar surface area (TPSA) is 92.3 Å². The van der Waals surface area contributed by atoms with Gasteiger partial charge in [-0.05, 0) is 76.6 Å². The number of amides is 1. The fourth-order valence-corrected chi connectivity index (χ4v) is 5.88. The molecule has 0 heterocycles. The van der Waals surface area contributed by atoms with E-state index in [0.717, 1.165) is 25.7 Å². The van der Waals surface area contributed by atoms with E-state index in [1.807, 2.05) is 20.8 Å². The van der Waals surface area contributed by atoms with Crippen molar-refractivity contribution in [1.82, 2.24) is 5.32 Å². The maximum Gasteiger partial charge on any atom is 0.500 e. The summed E-state index contributed by atoms with van der Waals surface area (Å²) >= 11 is 0. The number of benzene rings is 1. The van der Waals surface area contributed by atoms with Crippen LogP contribution in [-0.4, -0.2) is 60.4 Å². The van der Waals surface area contributed by atoms with Crippen molar-refractivity contribution >= 4 is 26.9 Å². The Kier molecular flexibility index (Phi) is 16.7. The highest BCUT2D eigenvalue weighted by Crippen LogP contribution is 2.17. The molecule has 0 spiro atoms. The second-order valence-corrected chi connectivity index (χ2v) is 10.4. The first kappa shape index (κ1) is 30.8. The highest BCUT2D eigenvalue weighted by molar-refractivity contribution is 6.60. The van der Waals surface area contributed by atoms with Gasteiger partial charge in [0.1, 0.15) is 5.82 Å². The van der Waals surface area contributed by atoms with Crippen molar-refractivity contribution in [3.63, 3.8) is 0 Å².